The number of ether oxygens (including phenoxy) is 1. The highest BCUT2D eigenvalue weighted by molar-refractivity contribution is 5.86. The van der Waals surface area contributed by atoms with E-state index in [1.54, 1.807) is 7.11 Å². The Hall–Kier alpha value is -0.320. The number of halogens is 1. The molecule has 0 aromatic heterocycles. The lowest BCUT2D eigenvalue weighted by Crippen LogP contribution is -2.58. The fraction of sp³-hybridized carbons (Fsp3) is 0.923. The largest absolute Gasteiger partial charge is 0.381 e. The van der Waals surface area contributed by atoms with Crippen molar-refractivity contribution in [1.82, 2.24) is 4.90 Å². The maximum Gasteiger partial charge on any atom is 0.242 e. The van der Waals surface area contributed by atoms with Crippen LogP contribution >= 0.6 is 12.4 Å². The second kappa shape index (κ2) is 6.73. The Morgan fingerprint density at radius 1 is 1.22 bits per heavy atom. The average molecular weight is 277 g/mol. The first kappa shape index (κ1) is 15.7. The van der Waals surface area contributed by atoms with Crippen LogP contribution < -0.4 is 5.73 Å². The summed E-state index contributed by atoms with van der Waals surface area (Å²) >= 11 is 0. The Balaban J connectivity index is 0.00000162. The molecule has 0 aromatic carbocycles. The summed E-state index contributed by atoms with van der Waals surface area (Å²) in [5, 5.41) is 0. The van der Waals surface area contributed by atoms with Gasteiger partial charge in [-0.2, -0.15) is 0 Å². The SMILES string of the molecule is COC1CCN(C(=O)C2(N)CCCCC2)CC1.Cl. The molecule has 0 radical (unpaired) electrons. The standard InChI is InChI=1S/C13H24N2O2.ClH/c1-17-11-5-9-15(10-6-11)12(16)13(14)7-3-2-4-8-13;/h11H,2-10,14H2,1H3;1H. The zero-order valence-electron chi connectivity index (χ0n) is 11.2. The van der Waals surface area contributed by atoms with E-state index in [1.807, 2.05) is 4.90 Å². The number of hydrogen-bond acceptors (Lipinski definition) is 3. The fourth-order valence-corrected chi connectivity index (χ4v) is 3.01. The monoisotopic (exact) mass is 276 g/mol. The number of piperidine rings is 1. The van der Waals surface area contributed by atoms with Gasteiger partial charge in [-0.1, -0.05) is 19.3 Å². The van der Waals surface area contributed by atoms with Crippen LogP contribution in [0.1, 0.15) is 44.9 Å². The van der Waals surface area contributed by atoms with Crippen LogP contribution in [0.4, 0.5) is 0 Å². The Bertz CT molecular complexity index is 272. The summed E-state index contributed by atoms with van der Waals surface area (Å²) in [5.74, 6) is 0.173. The van der Waals surface area contributed by atoms with Gasteiger partial charge in [0.15, 0.2) is 0 Å². The van der Waals surface area contributed by atoms with E-state index in [0.717, 1.165) is 51.6 Å². The molecule has 106 valence electrons. The zero-order chi connectivity index (χ0) is 12.3. The van der Waals surface area contributed by atoms with Crippen LogP contribution in [0.5, 0.6) is 0 Å². The van der Waals surface area contributed by atoms with Crippen LogP contribution in [0.2, 0.25) is 0 Å². The summed E-state index contributed by atoms with van der Waals surface area (Å²) in [5.41, 5.74) is 5.71. The summed E-state index contributed by atoms with van der Waals surface area (Å²) in [6, 6.07) is 0. The molecule has 2 rings (SSSR count). The molecule has 2 aliphatic rings. The number of hydrogen-bond donors (Lipinski definition) is 1. The highest BCUT2D eigenvalue weighted by Gasteiger charge is 2.39. The molecule has 1 aliphatic carbocycles. The normalized spacial score (nSPS) is 24.4. The number of nitrogens with zero attached hydrogens (tertiary/aromatic N) is 1. The third-order valence-corrected chi connectivity index (χ3v) is 4.23. The molecular formula is C13H25ClN2O2. The molecule has 2 fully saturated rings. The number of carbonyl (C=O) groups is 1. The summed E-state index contributed by atoms with van der Waals surface area (Å²) in [4.78, 5) is 14.4. The van der Waals surface area contributed by atoms with Crippen molar-refractivity contribution in [3.63, 3.8) is 0 Å². The van der Waals surface area contributed by atoms with E-state index < -0.39 is 5.54 Å². The molecule has 1 saturated heterocycles. The Kier molecular flexibility index (Phi) is 5.89. The lowest BCUT2D eigenvalue weighted by Gasteiger charge is -2.39. The smallest absolute Gasteiger partial charge is 0.242 e. The average Bonchev–Trinajstić information content (AvgIpc) is 2.39. The topological polar surface area (TPSA) is 55.6 Å². The predicted octanol–water partition coefficient (Wildman–Crippen LogP) is 1.71. The number of carbonyl (C=O) groups excluding carboxylic acids is 1. The van der Waals surface area contributed by atoms with Gasteiger partial charge in [0.25, 0.3) is 0 Å². The molecule has 0 aromatic rings. The molecule has 1 saturated carbocycles. The molecule has 1 aliphatic heterocycles. The van der Waals surface area contributed by atoms with Crippen molar-refractivity contribution in [3.05, 3.63) is 0 Å². The number of rotatable bonds is 2. The lowest BCUT2D eigenvalue weighted by atomic mass is 9.81. The minimum absolute atomic E-state index is 0. The van der Waals surface area contributed by atoms with E-state index in [4.69, 9.17) is 10.5 Å². The van der Waals surface area contributed by atoms with E-state index in [1.165, 1.54) is 6.42 Å². The second-order valence-electron chi connectivity index (χ2n) is 5.44. The van der Waals surface area contributed by atoms with Crippen molar-refractivity contribution >= 4 is 18.3 Å². The number of methoxy groups -OCH3 is 1. The molecule has 2 N–H and O–H groups in total. The van der Waals surface area contributed by atoms with E-state index in [-0.39, 0.29) is 18.3 Å². The van der Waals surface area contributed by atoms with Crippen molar-refractivity contribution in [2.45, 2.75) is 56.6 Å². The highest BCUT2D eigenvalue weighted by atomic mass is 35.5. The number of likely N-dealkylation sites (tertiary alicyclic amines) is 1. The van der Waals surface area contributed by atoms with Gasteiger partial charge in [-0.05, 0) is 25.7 Å². The molecule has 1 heterocycles. The molecule has 5 heteroatoms. The fourth-order valence-electron chi connectivity index (χ4n) is 3.01. The quantitative estimate of drug-likeness (QED) is 0.835. The Morgan fingerprint density at radius 2 is 1.78 bits per heavy atom. The van der Waals surface area contributed by atoms with E-state index in [9.17, 15) is 4.79 Å². The van der Waals surface area contributed by atoms with Crippen LogP contribution in [0.15, 0.2) is 0 Å². The first-order valence-electron chi connectivity index (χ1n) is 6.77. The molecule has 0 unspecified atom stereocenters. The van der Waals surface area contributed by atoms with Gasteiger partial charge in [0, 0.05) is 20.2 Å². The van der Waals surface area contributed by atoms with Crippen molar-refractivity contribution in [2.24, 2.45) is 5.73 Å². The van der Waals surface area contributed by atoms with Crippen LogP contribution in [-0.4, -0.2) is 42.6 Å². The molecule has 0 bridgehead atoms. The molecule has 1 amide bonds. The van der Waals surface area contributed by atoms with Gasteiger partial charge in [-0.3, -0.25) is 4.79 Å². The predicted molar refractivity (Wildman–Crippen MR) is 73.9 cm³/mol. The van der Waals surface area contributed by atoms with Crippen LogP contribution in [-0.2, 0) is 9.53 Å². The van der Waals surface area contributed by atoms with Gasteiger partial charge in [0.05, 0.1) is 11.6 Å². The number of nitrogens with two attached hydrogens (primary N) is 1. The molecule has 0 spiro atoms. The maximum atomic E-state index is 12.4. The number of amides is 1. The van der Waals surface area contributed by atoms with E-state index in [0.29, 0.717) is 6.10 Å². The van der Waals surface area contributed by atoms with Gasteiger partial charge in [0.2, 0.25) is 5.91 Å². The summed E-state index contributed by atoms with van der Waals surface area (Å²) in [7, 11) is 1.74. The molecular weight excluding hydrogens is 252 g/mol. The van der Waals surface area contributed by atoms with Crippen molar-refractivity contribution < 1.29 is 9.53 Å². The zero-order valence-corrected chi connectivity index (χ0v) is 12.0. The molecule has 0 atom stereocenters. The van der Waals surface area contributed by atoms with Gasteiger partial charge in [-0.25, -0.2) is 0 Å². The Labute approximate surface area is 116 Å². The highest BCUT2D eigenvalue weighted by Crippen LogP contribution is 2.28. The minimum Gasteiger partial charge on any atom is -0.381 e. The third-order valence-electron chi connectivity index (χ3n) is 4.23. The van der Waals surface area contributed by atoms with Crippen molar-refractivity contribution in [2.75, 3.05) is 20.2 Å². The van der Waals surface area contributed by atoms with Crippen LogP contribution in [0.25, 0.3) is 0 Å². The van der Waals surface area contributed by atoms with E-state index in [2.05, 4.69) is 0 Å². The lowest BCUT2D eigenvalue weighted by molar-refractivity contribution is -0.140. The van der Waals surface area contributed by atoms with Gasteiger partial charge in [0.1, 0.15) is 0 Å². The van der Waals surface area contributed by atoms with Gasteiger partial charge >= 0.3 is 0 Å². The maximum absolute atomic E-state index is 12.4. The summed E-state index contributed by atoms with van der Waals surface area (Å²) < 4.78 is 5.32. The second-order valence-corrected chi connectivity index (χ2v) is 5.44. The molecule has 4 nitrogen and oxygen atoms in total. The first-order valence-corrected chi connectivity index (χ1v) is 6.77. The summed E-state index contributed by atoms with van der Waals surface area (Å²) in [6.45, 7) is 1.60. The van der Waals surface area contributed by atoms with Crippen molar-refractivity contribution in [3.8, 4) is 0 Å². The van der Waals surface area contributed by atoms with Crippen LogP contribution in [0, 0.1) is 0 Å². The van der Waals surface area contributed by atoms with Crippen LogP contribution in [0.3, 0.4) is 0 Å². The van der Waals surface area contributed by atoms with Gasteiger partial charge in [-0.15, -0.1) is 12.4 Å². The van der Waals surface area contributed by atoms with E-state index >= 15 is 0 Å². The Morgan fingerprint density at radius 3 is 2.28 bits per heavy atom. The minimum atomic E-state index is -0.571. The van der Waals surface area contributed by atoms with Gasteiger partial charge < -0.3 is 15.4 Å². The first-order chi connectivity index (χ1) is 8.15. The summed E-state index contributed by atoms with van der Waals surface area (Å²) in [6.07, 6.45) is 7.33. The van der Waals surface area contributed by atoms with Crippen molar-refractivity contribution in [1.29, 1.82) is 0 Å². The molecule has 18 heavy (non-hydrogen) atoms. The third kappa shape index (κ3) is 3.37.